The van der Waals surface area contributed by atoms with E-state index >= 15 is 0 Å². The molecule has 0 heterocycles. The van der Waals surface area contributed by atoms with Crippen molar-refractivity contribution in [1.29, 1.82) is 0 Å². The minimum Gasteiger partial charge on any atom is -0.334 e. The van der Waals surface area contributed by atoms with Gasteiger partial charge in [-0.15, -0.1) is 0 Å². The quantitative estimate of drug-likeness (QED) is 0.622. The van der Waals surface area contributed by atoms with E-state index in [9.17, 15) is 9.59 Å². The normalized spacial score (nSPS) is 10.4. The molecule has 2 aromatic carbocycles. The predicted molar refractivity (Wildman–Crippen MR) is 109 cm³/mol. The Morgan fingerprint density at radius 1 is 0.667 bits per heavy atom. The van der Waals surface area contributed by atoms with E-state index in [1.54, 1.807) is 9.80 Å². The Hall–Kier alpha value is -2.62. The highest BCUT2D eigenvalue weighted by Crippen LogP contribution is 2.12. The Morgan fingerprint density at radius 3 is 1.59 bits per heavy atom. The number of nitrogens with zero attached hydrogens (tertiary/aromatic N) is 2. The number of carbonyl (C=O) groups excluding carboxylic acids is 2. The van der Waals surface area contributed by atoms with Crippen molar-refractivity contribution in [1.82, 2.24) is 9.80 Å². The van der Waals surface area contributed by atoms with Crippen LogP contribution in [0, 0.1) is 0 Å². The highest BCUT2D eigenvalue weighted by molar-refractivity contribution is 6.34. The van der Waals surface area contributed by atoms with E-state index in [4.69, 9.17) is 0 Å². The van der Waals surface area contributed by atoms with Gasteiger partial charge in [0.2, 0.25) is 0 Å². The fourth-order valence-corrected chi connectivity index (χ4v) is 3.01. The lowest BCUT2D eigenvalue weighted by molar-refractivity contribution is -0.152. The van der Waals surface area contributed by atoms with Gasteiger partial charge in [0.25, 0.3) is 0 Å². The molecule has 2 aromatic rings. The molecule has 0 N–H and O–H groups in total. The first-order chi connectivity index (χ1) is 13.2. The molecule has 0 fully saturated rings. The number of carbonyl (C=O) groups is 2. The largest absolute Gasteiger partial charge is 0.334 e. The Kier molecular flexibility index (Phi) is 8.56. The summed E-state index contributed by atoms with van der Waals surface area (Å²) < 4.78 is 0. The van der Waals surface area contributed by atoms with Crippen LogP contribution in [-0.2, 0) is 22.7 Å². The van der Waals surface area contributed by atoms with Crippen molar-refractivity contribution in [2.75, 3.05) is 13.1 Å². The van der Waals surface area contributed by atoms with Crippen molar-refractivity contribution in [2.24, 2.45) is 0 Å². The van der Waals surface area contributed by atoms with Crippen molar-refractivity contribution in [3.05, 3.63) is 71.8 Å². The van der Waals surface area contributed by atoms with E-state index in [0.29, 0.717) is 26.2 Å². The first-order valence-electron chi connectivity index (χ1n) is 9.81. The third kappa shape index (κ3) is 6.55. The lowest BCUT2D eigenvalue weighted by Gasteiger charge is -2.27. The summed E-state index contributed by atoms with van der Waals surface area (Å²) in [7, 11) is 0. The van der Waals surface area contributed by atoms with Crippen LogP contribution in [0.2, 0.25) is 0 Å². The number of hydrogen-bond donors (Lipinski definition) is 0. The average Bonchev–Trinajstić information content (AvgIpc) is 2.71. The highest BCUT2D eigenvalue weighted by atomic mass is 16.2. The molecule has 0 aliphatic rings. The van der Waals surface area contributed by atoms with Crippen LogP contribution in [0.4, 0.5) is 0 Å². The van der Waals surface area contributed by atoms with Crippen molar-refractivity contribution in [3.63, 3.8) is 0 Å². The standard InChI is InChI=1S/C23H30N2O2/c1-3-5-17-24(16-4-2)22(26)23(27)25(18-20-12-8-6-9-13-20)19-21-14-10-7-11-15-21/h6-15H,3-5,16-19H2,1-2H3. The van der Waals surface area contributed by atoms with Crippen LogP contribution in [0.5, 0.6) is 0 Å². The first kappa shape index (κ1) is 20.7. The molecule has 0 aromatic heterocycles. The van der Waals surface area contributed by atoms with Crippen molar-refractivity contribution in [2.45, 2.75) is 46.2 Å². The molecule has 0 spiro atoms. The molecule has 144 valence electrons. The van der Waals surface area contributed by atoms with Gasteiger partial charge in [0, 0.05) is 26.2 Å². The van der Waals surface area contributed by atoms with E-state index in [0.717, 1.165) is 30.4 Å². The van der Waals surface area contributed by atoms with Crippen LogP contribution in [0.1, 0.15) is 44.2 Å². The molecular formula is C23H30N2O2. The van der Waals surface area contributed by atoms with E-state index in [-0.39, 0.29) is 0 Å². The minimum atomic E-state index is -0.424. The van der Waals surface area contributed by atoms with Crippen molar-refractivity contribution < 1.29 is 9.59 Å². The van der Waals surface area contributed by atoms with Crippen molar-refractivity contribution in [3.8, 4) is 0 Å². The number of unbranched alkanes of at least 4 members (excludes halogenated alkanes) is 1. The van der Waals surface area contributed by atoms with Crippen LogP contribution in [0.15, 0.2) is 60.7 Å². The summed E-state index contributed by atoms with van der Waals surface area (Å²) in [6.07, 6.45) is 2.76. The SMILES string of the molecule is CCCCN(CCC)C(=O)C(=O)N(Cc1ccccc1)Cc1ccccc1. The molecule has 2 rings (SSSR count). The van der Waals surface area contributed by atoms with E-state index in [1.165, 1.54) is 0 Å². The van der Waals surface area contributed by atoms with Gasteiger partial charge in [-0.2, -0.15) is 0 Å². The topological polar surface area (TPSA) is 40.6 Å². The fraction of sp³-hybridized carbons (Fsp3) is 0.391. The lowest BCUT2D eigenvalue weighted by atomic mass is 10.1. The zero-order valence-electron chi connectivity index (χ0n) is 16.4. The maximum atomic E-state index is 13.1. The molecule has 0 aliphatic carbocycles. The molecule has 0 radical (unpaired) electrons. The van der Waals surface area contributed by atoms with Gasteiger partial charge >= 0.3 is 11.8 Å². The van der Waals surface area contributed by atoms with Gasteiger partial charge in [0.05, 0.1) is 0 Å². The van der Waals surface area contributed by atoms with Crippen LogP contribution < -0.4 is 0 Å². The molecule has 4 nitrogen and oxygen atoms in total. The van der Waals surface area contributed by atoms with Gasteiger partial charge in [0.1, 0.15) is 0 Å². The zero-order valence-corrected chi connectivity index (χ0v) is 16.4. The van der Waals surface area contributed by atoms with Gasteiger partial charge in [0.15, 0.2) is 0 Å². The third-order valence-electron chi connectivity index (χ3n) is 4.47. The minimum absolute atomic E-state index is 0.392. The second kappa shape index (κ2) is 11.2. The predicted octanol–water partition coefficient (Wildman–Crippen LogP) is 4.25. The first-order valence-corrected chi connectivity index (χ1v) is 9.81. The lowest BCUT2D eigenvalue weighted by Crippen LogP contribution is -2.45. The van der Waals surface area contributed by atoms with Crippen LogP contribution in [0.25, 0.3) is 0 Å². The fourth-order valence-electron chi connectivity index (χ4n) is 3.01. The van der Waals surface area contributed by atoms with E-state index in [1.807, 2.05) is 67.6 Å². The Balaban J connectivity index is 2.19. The Bertz CT molecular complexity index is 659. The summed E-state index contributed by atoms with van der Waals surface area (Å²) in [5.74, 6) is -0.815. The Morgan fingerprint density at radius 2 is 1.15 bits per heavy atom. The smallest absolute Gasteiger partial charge is 0.312 e. The monoisotopic (exact) mass is 366 g/mol. The molecule has 0 atom stereocenters. The maximum Gasteiger partial charge on any atom is 0.312 e. The molecule has 2 amide bonds. The van der Waals surface area contributed by atoms with Gasteiger partial charge in [-0.05, 0) is 24.0 Å². The summed E-state index contributed by atoms with van der Waals surface area (Å²) in [6.45, 7) is 6.23. The summed E-state index contributed by atoms with van der Waals surface area (Å²) in [5, 5.41) is 0. The molecular weight excluding hydrogens is 336 g/mol. The molecule has 0 unspecified atom stereocenters. The molecule has 0 aliphatic heterocycles. The van der Waals surface area contributed by atoms with E-state index in [2.05, 4.69) is 6.92 Å². The number of amides is 2. The second-order valence-corrected chi connectivity index (χ2v) is 6.78. The Labute approximate surface area is 162 Å². The summed E-state index contributed by atoms with van der Waals surface area (Å²) >= 11 is 0. The second-order valence-electron chi connectivity index (χ2n) is 6.78. The summed E-state index contributed by atoms with van der Waals surface area (Å²) in [6, 6.07) is 19.6. The molecule has 0 bridgehead atoms. The van der Waals surface area contributed by atoms with Gasteiger partial charge < -0.3 is 9.80 Å². The zero-order chi connectivity index (χ0) is 19.5. The van der Waals surface area contributed by atoms with Crippen LogP contribution in [0.3, 0.4) is 0 Å². The summed E-state index contributed by atoms with van der Waals surface area (Å²) in [5.41, 5.74) is 2.04. The maximum absolute atomic E-state index is 13.1. The molecule has 4 heteroatoms. The number of benzene rings is 2. The molecule has 0 saturated carbocycles. The van der Waals surface area contributed by atoms with Crippen LogP contribution in [-0.4, -0.2) is 34.7 Å². The third-order valence-corrected chi connectivity index (χ3v) is 4.47. The van der Waals surface area contributed by atoms with E-state index < -0.39 is 11.8 Å². The molecule has 0 saturated heterocycles. The van der Waals surface area contributed by atoms with Gasteiger partial charge in [-0.3, -0.25) is 9.59 Å². The van der Waals surface area contributed by atoms with Crippen LogP contribution >= 0.6 is 0 Å². The molecule has 27 heavy (non-hydrogen) atoms. The number of hydrogen-bond acceptors (Lipinski definition) is 2. The summed E-state index contributed by atoms with van der Waals surface area (Å²) in [4.78, 5) is 29.3. The highest BCUT2D eigenvalue weighted by Gasteiger charge is 2.26. The van der Waals surface area contributed by atoms with Crippen molar-refractivity contribution >= 4 is 11.8 Å². The van der Waals surface area contributed by atoms with Gasteiger partial charge in [-0.25, -0.2) is 0 Å². The number of rotatable bonds is 9. The average molecular weight is 367 g/mol. The van der Waals surface area contributed by atoms with Gasteiger partial charge in [-0.1, -0.05) is 80.9 Å².